The third-order valence-electron chi connectivity index (χ3n) is 5.36. The number of esters is 1. The topological polar surface area (TPSA) is 46.5 Å². The molecule has 1 rings (SSSR count). The molecule has 4 heteroatoms. The molecule has 0 spiro atoms. The number of aromatic hydroxyl groups is 1. The molecule has 0 bridgehead atoms. The monoisotopic (exact) mass is 430 g/mol. The predicted octanol–water partition coefficient (Wildman–Crippen LogP) is 7.43. The fourth-order valence-corrected chi connectivity index (χ4v) is 3.54. The smallest absolute Gasteiger partial charge is 0.341 e. The van der Waals surface area contributed by atoms with Crippen molar-refractivity contribution in [3.8, 4) is 5.75 Å². The fourth-order valence-electron chi connectivity index (χ4n) is 3.54. The van der Waals surface area contributed by atoms with Crippen LogP contribution in [0.15, 0.2) is 24.3 Å². The van der Waals surface area contributed by atoms with Crippen molar-refractivity contribution < 1.29 is 14.6 Å². The van der Waals surface area contributed by atoms with E-state index in [0.717, 1.165) is 12.8 Å². The van der Waals surface area contributed by atoms with Gasteiger partial charge in [-0.25, -0.2) is 4.79 Å². The maximum absolute atomic E-state index is 11.8. The minimum Gasteiger partial charge on any atom is -0.507 e. The molecule has 0 aliphatic heterocycles. The van der Waals surface area contributed by atoms with E-state index in [4.69, 9.17) is 4.74 Å². The van der Waals surface area contributed by atoms with Crippen LogP contribution in [0.25, 0.3) is 0 Å². The Morgan fingerprint density at radius 3 is 1.59 bits per heavy atom. The number of hydrogen-bond donors (Lipinski definition) is 1. The zero-order chi connectivity index (χ0) is 20.3. The molecule has 29 heavy (non-hydrogen) atoms. The van der Waals surface area contributed by atoms with Crippen LogP contribution in [0.3, 0.4) is 0 Å². The van der Waals surface area contributed by atoms with Gasteiger partial charge in [0.25, 0.3) is 0 Å². The number of carbonyl (C=O) groups excluding carboxylic acids is 1. The Hall–Kier alpha value is -0.250. The first-order chi connectivity index (χ1) is 13.8. The van der Waals surface area contributed by atoms with Crippen LogP contribution in [-0.4, -0.2) is 55.4 Å². The van der Waals surface area contributed by atoms with Crippen molar-refractivity contribution in [2.45, 2.75) is 110 Å². The fraction of sp³-hybridized carbons (Fsp3) is 0.720. The first kappa shape index (κ1) is 28.7. The van der Waals surface area contributed by atoms with Gasteiger partial charge in [0.2, 0.25) is 0 Å². The predicted molar refractivity (Wildman–Crippen MR) is 124 cm³/mol. The van der Waals surface area contributed by atoms with Crippen LogP contribution in [0.1, 0.15) is 120 Å². The molecule has 0 heterocycles. The van der Waals surface area contributed by atoms with Crippen molar-refractivity contribution in [3.63, 3.8) is 0 Å². The largest absolute Gasteiger partial charge is 0.507 e. The molecule has 0 atom stereocenters. The second-order valence-corrected chi connectivity index (χ2v) is 7.96. The van der Waals surface area contributed by atoms with E-state index in [0.29, 0.717) is 6.61 Å². The molecule has 0 aliphatic rings. The molecule has 1 aromatic carbocycles. The summed E-state index contributed by atoms with van der Waals surface area (Å²) in [6, 6.07) is 6.52. The summed E-state index contributed by atoms with van der Waals surface area (Å²) in [5, 5.41) is 9.62. The maximum atomic E-state index is 11.8. The van der Waals surface area contributed by atoms with Crippen molar-refractivity contribution in [2.24, 2.45) is 0 Å². The Morgan fingerprint density at radius 1 is 0.724 bits per heavy atom. The number of ether oxygens (including phenoxy) is 1. The van der Waals surface area contributed by atoms with Crippen molar-refractivity contribution in [1.82, 2.24) is 0 Å². The van der Waals surface area contributed by atoms with Crippen LogP contribution in [0.4, 0.5) is 0 Å². The third kappa shape index (κ3) is 16.2. The number of carbonyl (C=O) groups is 1. The molecule has 2 radical (unpaired) electrons. The Balaban J connectivity index is 0.00000784. The van der Waals surface area contributed by atoms with Crippen molar-refractivity contribution in [3.05, 3.63) is 29.8 Å². The molecular weight excluding hydrogens is 388 g/mol. The van der Waals surface area contributed by atoms with Gasteiger partial charge in [-0.15, -0.1) is 0 Å². The molecule has 162 valence electrons. The second kappa shape index (κ2) is 21.0. The van der Waals surface area contributed by atoms with Crippen LogP contribution in [0.2, 0.25) is 0 Å². The van der Waals surface area contributed by atoms with Crippen molar-refractivity contribution in [2.75, 3.05) is 6.61 Å². The van der Waals surface area contributed by atoms with Crippen molar-refractivity contribution >= 4 is 43.7 Å². The van der Waals surface area contributed by atoms with Gasteiger partial charge in [0, 0.05) is 37.7 Å². The van der Waals surface area contributed by atoms with Gasteiger partial charge in [-0.1, -0.05) is 115 Å². The summed E-state index contributed by atoms with van der Waals surface area (Å²) < 4.78 is 5.23. The first-order valence-electron chi connectivity index (χ1n) is 11.7. The summed E-state index contributed by atoms with van der Waals surface area (Å²) in [5.74, 6) is -0.446. The van der Waals surface area contributed by atoms with Crippen LogP contribution < -0.4 is 0 Å². The van der Waals surface area contributed by atoms with Gasteiger partial charge < -0.3 is 9.84 Å². The number of phenolic OH excluding ortho intramolecular Hbond substituents is 1. The van der Waals surface area contributed by atoms with E-state index in [1.54, 1.807) is 18.2 Å². The van der Waals surface area contributed by atoms with E-state index >= 15 is 0 Å². The van der Waals surface area contributed by atoms with E-state index in [-0.39, 0.29) is 49.1 Å². The van der Waals surface area contributed by atoms with Gasteiger partial charge >= 0.3 is 5.97 Å². The van der Waals surface area contributed by atoms with Gasteiger partial charge in [-0.3, -0.25) is 0 Å². The van der Waals surface area contributed by atoms with E-state index in [1.807, 2.05) is 0 Å². The molecule has 0 saturated carbocycles. The number of para-hydroxylation sites is 1. The molecule has 0 aliphatic carbocycles. The van der Waals surface area contributed by atoms with Crippen LogP contribution in [0.5, 0.6) is 5.75 Å². The minimum absolute atomic E-state index is 0. The number of unbranched alkanes of at least 4 members (excludes halogenated alkanes) is 15. The van der Waals surface area contributed by atoms with Crippen LogP contribution >= 0.6 is 0 Å². The Labute approximate surface area is 209 Å². The van der Waals surface area contributed by atoms with E-state index in [9.17, 15) is 9.90 Å². The number of phenols is 1. The summed E-state index contributed by atoms with van der Waals surface area (Å²) in [6.07, 6.45) is 21.3. The third-order valence-corrected chi connectivity index (χ3v) is 5.36. The summed E-state index contributed by atoms with van der Waals surface area (Å²) in [7, 11) is 0. The molecule has 0 saturated heterocycles. The molecule has 1 aromatic rings. The van der Waals surface area contributed by atoms with Gasteiger partial charge in [-0.2, -0.15) is 0 Å². The normalized spacial score (nSPS) is 10.5. The number of benzene rings is 1. The van der Waals surface area contributed by atoms with Crippen LogP contribution in [-0.2, 0) is 4.74 Å². The quantitative estimate of drug-likeness (QED) is 0.150. The zero-order valence-electron chi connectivity index (χ0n) is 18.8. The van der Waals surface area contributed by atoms with Gasteiger partial charge in [0.05, 0.1) is 6.61 Å². The van der Waals surface area contributed by atoms with Gasteiger partial charge in [0.15, 0.2) is 0 Å². The molecule has 0 amide bonds. The molecule has 0 fully saturated rings. The Morgan fingerprint density at radius 2 is 1.14 bits per heavy atom. The maximum Gasteiger partial charge on any atom is 0.341 e. The molecular formula is C25H42CaO3. The molecule has 0 aromatic heterocycles. The summed E-state index contributed by atoms with van der Waals surface area (Å²) >= 11 is 0. The standard InChI is InChI=1S/C25H42O3.Ca/c1-2-3-4-5-6-7-8-9-10-11-12-13-14-15-16-19-22-28-25(27)23-20-17-18-21-24(23)26;/h17-18,20-21,26H,2-16,19,22H2,1H3;. The minimum atomic E-state index is -0.431. The SMILES string of the molecule is CCCCCCCCCCCCCCCCCCOC(=O)c1ccccc1O.[Ca]. The second-order valence-electron chi connectivity index (χ2n) is 7.96. The van der Waals surface area contributed by atoms with E-state index < -0.39 is 5.97 Å². The van der Waals surface area contributed by atoms with E-state index in [1.165, 1.54) is 96.0 Å². The number of rotatable bonds is 18. The first-order valence-corrected chi connectivity index (χ1v) is 11.7. The number of hydrogen-bond acceptors (Lipinski definition) is 3. The molecule has 3 nitrogen and oxygen atoms in total. The summed E-state index contributed by atoms with van der Waals surface area (Å²) in [5.41, 5.74) is 0.249. The molecule has 0 unspecified atom stereocenters. The van der Waals surface area contributed by atoms with E-state index in [2.05, 4.69) is 6.92 Å². The Bertz CT molecular complexity index is 505. The summed E-state index contributed by atoms with van der Waals surface area (Å²) in [4.78, 5) is 11.8. The van der Waals surface area contributed by atoms with Crippen LogP contribution in [0, 0.1) is 0 Å². The van der Waals surface area contributed by atoms with Gasteiger partial charge in [0.1, 0.15) is 11.3 Å². The van der Waals surface area contributed by atoms with Gasteiger partial charge in [-0.05, 0) is 18.6 Å². The molecule has 1 N–H and O–H groups in total. The van der Waals surface area contributed by atoms with Crippen molar-refractivity contribution in [1.29, 1.82) is 0 Å². The zero-order valence-corrected chi connectivity index (χ0v) is 21.0. The summed E-state index contributed by atoms with van der Waals surface area (Å²) in [6.45, 7) is 2.71. The Kier molecular flexibility index (Phi) is 20.8. The average Bonchev–Trinajstić information content (AvgIpc) is 2.70. The average molecular weight is 431 g/mol.